The minimum Gasteiger partial charge on any atom is -0.489 e. The second-order valence-corrected chi connectivity index (χ2v) is 5.29. The van der Waals surface area contributed by atoms with Gasteiger partial charge in [-0.25, -0.2) is 0 Å². The van der Waals surface area contributed by atoms with Gasteiger partial charge in [0.25, 0.3) is 0 Å². The summed E-state index contributed by atoms with van der Waals surface area (Å²) in [7, 11) is 0. The number of hydrogen-bond acceptors (Lipinski definition) is 2. The second kappa shape index (κ2) is 6.07. The SMILES string of the molecule is CC1CCC(COc2c(Cl)cccc2CBr)O1. The lowest BCUT2D eigenvalue weighted by Crippen LogP contribution is -2.18. The van der Waals surface area contributed by atoms with Crippen molar-refractivity contribution in [3.63, 3.8) is 0 Å². The molecule has 1 aromatic carbocycles. The summed E-state index contributed by atoms with van der Waals surface area (Å²) in [6.45, 7) is 2.67. The molecule has 1 aliphatic rings. The number of benzene rings is 1. The van der Waals surface area contributed by atoms with Crippen LogP contribution in [0.4, 0.5) is 0 Å². The van der Waals surface area contributed by atoms with Crippen molar-refractivity contribution in [1.29, 1.82) is 0 Å². The summed E-state index contributed by atoms with van der Waals surface area (Å²) in [5.41, 5.74) is 1.07. The lowest BCUT2D eigenvalue weighted by atomic mass is 10.2. The Morgan fingerprint density at radius 2 is 2.29 bits per heavy atom. The Morgan fingerprint density at radius 1 is 1.47 bits per heavy atom. The lowest BCUT2D eigenvalue weighted by Gasteiger charge is -2.15. The standard InChI is InChI=1S/C13H16BrClO2/c1-9-5-6-11(17-9)8-16-13-10(7-14)3-2-4-12(13)15/h2-4,9,11H,5-8H2,1H3. The average molecular weight is 320 g/mol. The fraction of sp³-hybridized carbons (Fsp3) is 0.538. The minimum atomic E-state index is 0.199. The van der Waals surface area contributed by atoms with Crippen LogP contribution in [0.15, 0.2) is 18.2 Å². The lowest BCUT2D eigenvalue weighted by molar-refractivity contribution is 0.0263. The van der Waals surface area contributed by atoms with E-state index in [4.69, 9.17) is 21.1 Å². The zero-order chi connectivity index (χ0) is 12.3. The van der Waals surface area contributed by atoms with E-state index in [9.17, 15) is 0 Å². The predicted octanol–water partition coefficient (Wildman–Crippen LogP) is 4.18. The van der Waals surface area contributed by atoms with Gasteiger partial charge in [0, 0.05) is 10.9 Å². The van der Waals surface area contributed by atoms with Crippen LogP contribution in [0.2, 0.25) is 5.02 Å². The molecule has 2 nitrogen and oxygen atoms in total. The van der Waals surface area contributed by atoms with Crippen LogP contribution in [0, 0.1) is 0 Å². The molecule has 0 aromatic heterocycles. The summed E-state index contributed by atoms with van der Waals surface area (Å²) in [5.74, 6) is 0.772. The average Bonchev–Trinajstić information content (AvgIpc) is 2.73. The van der Waals surface area contributed by atoms with E-state index in [1.807, 2.05) is 18.2 Å². The molecule has 0 spiro atoms. The van der Waals surface area contributed by atoms with Crippen LogP contribution < -0.4 is 4.74 Å². The van der Waals surface area contributed by atoms with Gasteiger partial charge in [-0.3, -0.25) is 0 Å². The van der Waals surface area contributed by atoms with Crippen LogP contribution in [0.3, 0.4) is 0 Å². The largest absolute Gasteiger partial charge is 0.489 e. The van der Waals surface area contributed by atoms with Gasteiger partial charge in [0.1, 0.15) is 12.4 Å². The maximum atomic E-state index is 6.14. The van der Waals surface area contributed by atoms with Crippen molar-refractivity contribution in [2.45, 2.75) is 37.3 Å². The molecule has 94 valence electrons. The van der Waals surface area contributed by atoms with Crippen molar-refractivity contribution in [3.8, 4) is 5.75 Å². The first kappa shape index (κ1) is 13.2. The third kappa shape index (κ3) is 3.36. The van der Waals surface area contributed by atoms with Crippen LogP contribution in [0.25, 0.3) is 0 Å². The number of ether oxygens (including phenoxy) is 2. The Balaban J connectivity index is 1.98. The third-order valence-electron chi connectivity index (χ3n) is 2.93. The zero-order valence-electron chi connectivity index (χ0n) is 9.79. The molecule has 0 aliphatic carbocycles. The van der Waals surface area contributed by atoms with Gasteiger partial charge in [0.05, 0.1) is 17.2 Å². The summed E-state index contributed by atoms with van der Waals surface area (Å²) in [6.07, 6.45) is 2.73. The highest BCUT2D eigenvalue weighted by Gasteiger charge is 2.22. The normalized spacial score (nSPS) is 23.9. The molecule has 0 bridgehead atoms. The predicted molar refractivity (Wildman–Crippen MR) is 73.1 cm³/mol. The molecule has 1 saturated heterocycles. The monoisotopic (exact) mass is 318 g/mol. The summed E-state index contributed by atoms with van der Waals surface area (Å²) < 4.78 is 11.5. The molecule has 2 rings (SSSR count). The van der Waals surface area contributed by atoms with Crippen molar-refractivity contribution in [1.82, 2.24) is 0 Å². The van der Waals surface area contributed by atoms with Crippen LogP contribution in [0.5, 0.6) is 5.75 Å². The van der Waals surface area contributed by atoms with E-state index >= 15 is 0 Å². The quantitative estimate of drug-likeness (QED) is 0.775. The molecule has 0 amide bonds. The third-order valence-corrected chi connectivity index (χ3v) is 3.83. The number of para-hydroxylation sites is 1. The van der Waals surface area contributed by atoms with E-state index in [0.717, 1.165) is 29.5 Å². The first-order valence-corrected chi connectivity index (χ1v) is 7.32. The highest BCUT2D eigenvalue weighted by Crippen LogP contribution is 2.31. The van der Waals surface area contributed by atoms with Crippen LogP contribution in [-0.2, 0) is 10.1 Å². The van der Waals surface area contributed by atoms with Gasteiger partial charge in [-0.05, 0) is 25.8 Å². The molecule has 1 fully saturated rings. The van der Waals surface area contributed by atoms with E-state index in [1.54, 1.807) is 0 Å². The summed E-state index contributed by atoms with van der Waals surface area (Å²) in [5, 5.41) is 1.40. The Kier molecular flexibility index (Phi) is 4.71. The maximum Gasteiger partial charge on any atom is 0.142 e. The first-order chi connectivity index (χ1) is 8.20. The molecule has 4 heteroatoms. The van der Waals surface area contributed by atoms with E-state index in [0.29, 0.717) is 17.7 Å². The molecule has 17 heavy (non-hydrogen) atoms. The van der Waals surface area contributed by atoms with Gasteiger partial charge in [-0.1, -0.05) is 39.7 Å². The number of alkyl halides is 1. The van der Waals surface area contributed by atoms with Gasteiger partial charge >= 0.3 is 0 Å². The van der Waals surface area contributed by atoms with E-state index in [2.05, 4.69) is 22.9 Å². The zero-order valence-corrected chi connectivity index (χ0v) is 12.1. The van der Waals surface area contributed by atoms with Crippen molar-refractivity contribution in [2.75, 3.05) is 6.61 Å². The van der Waals surface area contributed by atoms with Crippen molar-refractivity contribution < 1.29 is 9.47 Å². The molecule has 0 N–H and O–H groups in total. The van der Waals surface area contributed by atoms with Gasteiger partial charge in [0.15, 0.2) is 0 Å². The van der Waals surface area contributed by atoms with Crippen LogP contribution in [0.1, 0.15) is 25.3 Å². The van der Waals surface area contributed by atoms with E-state index < -0.39 is 0 Å². The van der Waals surface area contributed by atoms with Crippen LogP contribution in [-0.4, -0.2) is 18.8 Å². The number of halogens is 2. The Labute approximate surface area is 115 Å². The van der Waals surface area contributed by atoms with Crippen LogP contribution >= 0.6 is 27.5 Å². The highest BCUT2D eigenvalue weighted by molar-refractivity contribution is 9.08. The Bertz CT molecular complexity index is 384. The smallest absolute Gasteiger partial charge is 0.142 e. The second-order valence-electron chi connectivity index (χ2n) is 4.32. The fourth-order valence-corrected chi connectivity index (χ4v) is 2.69. The molecule has 0 radical (unpaired) electrons. The summed E-state index contributed by atoms with van der Waals surface area (Å²) >= 11 is 9.57. The number of rotatable bonds is 4. The molecular formula is C13H16BrClO2. The maximum absolute atomic E-state index is 6.14. The first-order valence-electron chi connectivity index (χ1n) is 5.82. The Morgan fingerprint density at radius 3 is 2.94 bits per heavy atom. The van der Waals surface area contributed by atoms with Gasteiger partial charge < -0.3 is 9.47 Å². The molecule has 2 atom stereocenters. The molecule has 1 aromatic rings. The Hall–Kier alpha value is -0.250. The highest BCUT2D eigenvalue weighted by atomic mass is 79.9. The fourth-order valence-electron chi connectivity index (χ4n) is 2.00. The van der Waals surface area contributed by atoms with E-state index in [1.165, 1.54) is 0 Å². The van der Waals surface area contributed by atoms with Crippen molar-refractivity contribution >= 4 is 27.5 Å². The van der Waals surface area contributed by atoms with Crippen molar-refractivity contribution in [3.05, 3.63) is 28.8 Å². The van der Waals surface area contributed by atoms with Gasteiger partial charge in [-0.2, -0.15) is 0 Å². The summed E-state index contributed by atoms with van der Waals surface area (Å²) in [6, 6.07) is 5.79. The van der Waals surface area contributed by atoms with Crippen molar-refractivity contribution in [2.24, 2.45) is 0 Å². The van der Waals surface area contributed by atoms with Gasteiger partial charge in [-0.15, -0.1) is 0 Å². The van der Waals surface area contributed by atoms with E-state index in [-0.39, 0.29) is 6.10 Å². The molecule has 2 unspecified atom stereocenters. The topological polar surface area (TPSA) is 18.5 Å². The molecular weight excluding hydrogens is 303 g/mol. The van der Waals surface area contributed by atoms with Gasteiger partial charge in [0.2, 0.25) is 0 Å². The minimum absolute atomic E-state index is 0.199. The number of hydrogen-bond donors (Lipinski definition) is 0. The molecule has 1 aliphatic heterocycles. The summed E-state index contributed by atoms with van der Waals surface area (Å²) in [4.78, 5) is 0. The molecule has 0 saturated carbocycles. The molecule has 1 heterocycles.